The van der Waals surface area contributed by atoms with Crippen molar-refractivity contribution in [2.45, 2.75) is 56.9 Å². The molecule has 29 heavy (non-hydrogen) atoms. The molecule has 0 aromatic heterocycles. The van der Waals surface area contributed by atoms with Gasteiger partial charge in [-0.25, -0.2) is 12.7 Å². The van der Waals surface area contributed by atoms with E-state index >= 15 is 0 Å². The molecule has 2 aliphatic heterocycles. The van der Waals surface area contributed by atoms with Gasteiger partial charge in [-0.3, -0.25) is 9.89 Å². The van der Waals surface area contributed by atoms with Crippen molar-refractivity contribution < 1.29 is 8.42 Å². The fourth-order valence-electron chi connectivity index (χ4n) is 4.68. The van der Waals surface area contributed by atoms with Gasteiger partial charge in [-0.1, -0.05) is 39.3 Å². The highest BCUT2D eigenvalue weighted by Gasteiger charge is 2.38. The second kappa shape index (κ2) is 8.26. The van der Waals surface area contributed by atoms with Crippen LogP contribution in [0.2, 0.25) is 0 Å². The zero-order valence-electron chi connectivity index (χ0n) is 17.9. The molecule has 0 atom stereocenters. The van der Waals surface area contributed by atoms with Crippen LogP contribution >= 0.6 is 0 Å². The maximum Gasteiger partial charge on any atom is 0.266 e. The van der Waals surface area contributed by atoms with E-state index in [1.165, 1.54) is 23.6 Å². The number of sulfonamides is 1. The molecule has 2 heterocycles. The summed E-state index contributed by atoms with van der Waals surface area (Å²) >= 11 is 0. The monoisotopic (exact) mass is 418 g/mol. The molecule has 7 heteroatoms. The molecule has 0 radical (unpaired) electrons. The maximum atomic E-state index is 13.3. The van der Waals surface area contributed by atoms with Crippen molar-refractivity contribution >= 4 is 16.0 Å². The number of nitrogens with zero attached hydrogens (tertiary/aromatic N) is 4. The largest absolute Gasteiger partial charge is 0.339 e. The third-order valence-electron chi connectivity index (χ3n) is 6.82. The van der Waals surface area contributed by atoms with Gasteiger partial charge in [0.1, 0.15) is 0 Å². The summed E-state index contributed by atoms with van der Waals surface area (Å²) in [6, 6.07) is 8.04. The molecule has 3 aliphatic rings. The number of aliphatic imine (C=N–C) groups is 1. The molecule has 2 fully saturated rings. The average Bonchev–Trinajstić information content (AvgIpc) is 3.18. The van der Waals surface area contributed by atoms with Crippen molar-refractivity contribution in [2.24, 2.45) is 10.9 Å². The van der Waals surface area contributed by atoms with Crippen molar-refractivity contribution in [2.75, 3.05) is 39.3 Å². The molecule has 1 aromatic rings. The normalized spacial score (nSPS) is 26.0. The minimum Gasteiger partial charge on any atom is -0.339 e. The molecule has 160 valence electrons. The molecule has 1 saturated carbocycles. The Hall–Kier alpha value is -1.60. The molecule has 1 saturated heterocycles. The van der Waals surface area contributed by atoms with Gasteiger partial charge in [0.15, 0.2) is 0 Å². The van der Waals surface area contributed by atoms with E-state index in [1.54, 1.807) is 12.1 Å². The lowest BCUT2D eigenvalue weighted by atomic mass is 9.77. The maximum absolute atomic E-state index is 13.3. The first-order chi connectivity index (χ1) is 13.9. The first kappa shape index (κ1) is 20.7. The summed E-state index contributed by atoms with van der Waals surface area (Å²) in [5.74, 6) is 1.92. The predicted octanol–water partition coefficient (Wildman–Crippen LogP) is 2.98. The van der Waals surface area contributed by atoms with Gasteiger partial charge in [-0.05, 0) is 42.4 Å². The number of guanidine groups is 1. The Morgan fingerprint density at radius 2 is 1.69 bits per heavy atom. The fourth-order valence-corrected chi connectivity index (χ4v) is 6.12. The van der Waals surface area contributed by atoms with Gasteiger partial charge < -0.3 is 4.90 Å². The lowest BCUT2D eigenvalue weighted by Crippen LogP contribution is -2.57. The molecule has 0 N–H and O–H groups in total. The topological polar surface area (TPSA) is 56.2 Å². The Labute approximate surface area is 175 Å². The van der Waals surface area contributed by atoms with Crippen LogP contribution in [-0.4, -0.2) is 73.8 Å². The third-order valence-corrected chi connectivity index (χ3v) is 8.61. The van der Waals surface area contributed by atoms with Gasteiger partial charge in [0.05, 0.1) is 18.0 Å². The zero-order valence-corrected chi connectivity index (χ0v) is 18.7. The number of benzene rings is 1. The van der Waals surface area contributed by atoms with Crippen LogP contribution in [0.3, 0.4) is 0 Å². The first-order valence-electron chi connectivity index (χ1n) is 11.1. The quantitative estimate of drug-likeness (QED) is 0.738. The summed E-state index contributed by atoms with van der Waals surface area (Å²) in [6.07, 6.45) is 3.94. The van der Waals surface area contributed by atoms with E-state index in [2.05, 4.69) is 35.6 Å². The van der Waals surface area contributed by atoms with Crippen molar-refractivity contribution in [3.8, 4) is 0 Å². The summed E-state index contributed by atoms with van der Waals surface area (Å²) in [5.41, 5.74) is 1.15. The smallest absolute Gasteiger partial charge is 0.266 e. The second-order valence-electron chi connectivity index (χ2n) is 8.91. The fraction of sp³-hybridized carbons (Fsp3) is 0.682. The summed E-state index contributed by atoms with van der Waals surface area (Å²) < 4.78 is 28.1. The Morgan fingerprint density at radius 1 is 1.03 bits per heavy atom. The van der Waals surface area contributed by atoms with E-state index in [9.17, 15) is 8.42 Å². The molecule has 4 rings (SSSR count). The zero-order chi connectivity index (χ0) is 20.6. The predicted molar refractivity (Wildman–Crippen MR) is 117 cm³/mol. The van der Waals surface area contributed by atoms with Crippen LogP contribution in [0, 0.1) is 5.92 Å². The van der Waals surface area contributed by atoms with Gasteiger partial charge in [0.25, 0.3) is 10.0 Å². The van der Waals surface area contributed by atoms with E-state index in [0.717, 1.165) is 43.7 Å². The number of hydrogen-bond acceptors (Lipinski definition) is 5. The minimum absolute atomic E-state index is 0.357. The van der Waals surface area contributed by atoms with Gasteiger partial charge >= 0.3 is 0 Å². The van der Waals surface area contributed by atoms with Crippen LogP contribution in [0.5, 0.6) is 0 Å². The molecule has 0 bridgehead atoms. The summed E-state index contributed by atoms with van der Waals surface area (Å²) in [7, 11) is -3.57. The van der Waals surface area contributed by atoms with Crippen LogP contribution in [0.15, 0.2) is 34.2 Å². The van der Waals surface area contributed by atoms with Crippen LogP contribution in [-0.2, 0) is 10.0 Å². The molecule has 0 amide bonds. The lowest BCUT2D eigenvalue weighted by Gasteiger charge is -2.47. The Bertz CT molecular complexity index is 836. The van der Waals surface area contributed by atoms with E-state index in [0.29, 0.717) is 29.9 Å². The van der Waals surface area contributed by atoms with Gasteiger partial charge in [-0.2, -0.15) is 0 Å². The Balaban J connectivity index is 1.41. The molecule has 1 aromatic carbocycles. The van der Waals surface area contributed by atoms with Gasteiger partial charge in [-0.15, -0.1) is 0 Å². The Kier molecular flexibility index (Phi) is 5.89. The number of hydrogen-bond donors (Lipinski definition) is 0. The highest BCUT2D eigenvalue weighted by Crippen LogP contribution is 2.34. The molecular weight excluding hydrogens is 384 g/mol. The molecule has 0 spiro atoms. The highest BCUT2D eigenvalue weighted by atomic mass is 32.2. The molecular formula is C22H34N4O2S. The summed E-state index contributed by atoms with van der Waals surface area (Å²) in [6.45, 7) is 11.2. The third kappa shape index (κ3) is 4.04. The van der Waals surface area contributed by atoms with Crippen LogP contribution in [0.1, 0.15) is 51.5 Å². The number of piperazine rings is 1. The molecule has 1 aliphatic carbocycles. The lowest BCUT2D eigenvalue weighted by molar-refractivity contribution is 0.0468. The first-order valence-corrected chi connectivity index (χ1v) is 12.5. The average molecular weight is 419 g/mol. The van der Waals surface area contributed by atoms with Gasteiger partial charge in [0, 0.05) is 32.2 Å². The van der Waals surface area contributed by atoms with Gasteiger partial charge in [0.2, 0.25) is 5.96 Å². The Morgan fingerprint density at radius 3 is 2.28 bits per heavy atom. The summed E-state index contributed by atoms with van der Waals surface area (Å²) in [4.78, 5) is 9.69. The summed E-state index contributed by atoms with van der Waals surface area (Å²) in [5, 5.41) is 0. The van der Waals surface area contributed by atoms with E-state index in [-0.39, 0.29) is 0 Å². The van der Waals surface area contributed by atoms with Crippen LogP contribution < -0.4 is 0 Å². The van der Waals surface area contributed by atoms with Crippen LogP contribution in [0.25, 0.3) is 0 Å². The van der Waals surface area contributed by atoms with E-state index < -0.39 is 10.0 Å². The van der Waals surface area contributed by atoms with Crippen molar-refractivity contribution in [3.05, 3.63) is 29.8 Å². The highest BCUT2D eigenvalue weighted by molar-refractivity contribution is 7.89. The minimum atomic E-state index is -3.57. The van der Waals surface area contributed by atoms with Crippen molar-refractivity contribution in [3.63, 3.8) is 0 Å². The standard InChI is InChI=1S/C22H34N4O2S/c1-4-18-15-20(16-18)24-11-13-25(14-12-24)22-23-9-10-26(22)29(27,28)21-7-5-19(6-8-21)17(2)3/h5-8,17-18,20H,4,9-16H2,1-3H3. The SMILES string of the molecule is CCC1CC(N2CCN(C3=NCCN3S(=O)(=O)c3ccc(C(C)C)cc3)CC2)C1. The van der Waals surface area contributed by atoms with Crippen LogP contribution in [0.4, 0.5) is 0 Å². The number of rotatable bonds is 5. The van der Waals surface area contributed by atoms with E-state index in [1.807, 2.05) is 12.1 Å². The molecule has 6 nitrogen and oxygen atoms in total. The second-order valence-corrected chi connectivity index (χ2v) is 10.8. The van der Waals surface area contributed by atoms with Crippen molar-refractivity contribution in [1.82, 2.24) is 14.1 Å². The van der Waals surface area contributed by atoms with Crippen molar-refractivity contribution in [1.29, 1.82) is 0 Å². The molecule has 0 unspecified atom stereocenters. The van der Waals surface area contributed by atoms with E-state index in [4.69, 9.17) is 0 Å².